The van der Waals surface area contributed by atoms with E-state index in [1.54, 1.807) is 41.5 Å². The van der Waals surface area contributed by atoms with E-state index in [-0.39, 0.29) is 36.5 Å². The topological polar surface area (TPSA) is 188 Å². The van der Waals surface area contributed by atoms with Gasteiger partial charge in [-0.25, -0.2) is 9.59 Å². The first-order valence-corrected chi connectivity index (χ1v) is 25.3. The number of unbranched alkanes of at least 4 members (excludes halogenated alkanes) is 1. The van der Waals surface area contributed by atoms with Gasteiger partial charge in [-0.05, 0) is 108 Å². The lowest BCUT2D eigenvalue weighted by Crippen LogP contribution is -2.62. The van der Waals surface area contributed by atoms with Crippen LogP contribution >= 0.6 is 0 Å². The second kappa shape index (κ2) is 26.3. The summed E-state index contributed by atoms with van der Waals surface area (Å²) in [5, 5.41) is 14.4. The van der Waals surface area contributed by atoms with Crippen molar-refractivity contribution in [3.8, 4) is 0 Å². The molecule has 2 saturated heterocycles. The van der Waals surface area contributed by atoms with Crippen LogP contribution in [0.4, 0.5) is 9.59 Å². The Hall–Kier alpha value is -6.22. The average Bonchev–Trinajstić information content (AvgIpc) is 3.29. The van der Waals surface area contributed by atoms with Gasteiger partial charge in [0.25, 0.3) is 0 Å². The van der Waals surface area contributed by atoms with Gasteiger partial charge >= 0.3 is 12.2 Å². The molecule has 386 valence electrons. The maximum Gasteiger partial charge on any atom is 0.408 e. The largest absolute Gasteiger partial charge is 0.444 e. The number of carbonyl (C=O) groups is 6. The highest BCUT2D eigenvalue weighted by Gasteiger charge is 2.45. The predicted octanol–water partition coefficient (Wildman–Crippen LogP) is 7.20. The zero-order chi connectivity index (χ0) is 51.6. The fraction of sp³-hybridized carbons (Fsp3) is 0.536. The summed E-state index contributed by atoms with van der Waals surface area (Å²) >= 11 is 0. The van der Waals surface area contributed by atoms with E-state index in [4.69, 9.17) is 9.47 Å². The number of ether oxygens (including phenoxy) is 2. The molecule has 6 amide bonds. The highest BCUT2D eigenvalue weighted by Crippen LogP contribution is 2.40. The minimum Gasteiger partial charge on any atom is -0.444 e. The van der Waals surface area contributed by atoms with Gasteiger partial charge in [0.15, 0.2) is 0 Å². The molecule has 0 unspecified atom stereocenters. The highest BCUT2D eigenvalue weighted by molar-refractivity contribution is 5.95. The molecular formula is C56H79N7O8. The number of carbonyl (C=O) groups excluding carboxylic acids is 6. The third-order valence-electron chi connectivity index (χ3n) is 12.5. The molecule has 0 saturated carbocycles. The van der Waals surface area contributed by atoms with Crippen LogP contribution in [-0.2, 0) is 41.5 Å². The number of hydrogen-bond acceptors (Lipinski definition) is 9. The van der Waals surface area contributed by atoms with E-state index in [0.29, 0.717) is 38.9 Å². The number of benzene rings is 3. The molecule has 5 rings (SSSR count). The molecule has 5 N–H and O–H groups in total. The van der Waals surface area contributed by atoms with Gasteiger partial charge in [0.05, 0.1) is 0 Å². The monoisotopic (exact) mass is 978 g/mol. The molecule has 0 bridgehead atoms. The summed E-state index contributed by atoms with van der Waals surface area (Å²) in [7, 11) is 0. The maximum atomic E-state index is 14.5. The van der Waals surface area contributed by atoms with Crippen molar-refractivity contribution in [2.45, 2.75) is 142 Å². The molecule has 3 aromatic carbocycles. The molecule has 2 fully saturated rings. The van der Waals surface area contributed by atoms with Crippen molar-refractivity contribution in [1.29, 1.82) is 0 Å². The number of piperidine rings is 1. The van der Waals surface area contributed by atoms with Crippen molar-refractivity contribution >= 4 is 41.9 Å². The number of likely N-dealkylation sites (tertiary alicyclic amines) is 2. The second-order valence-electron chi connectivity index (χ2n) is 21.6. The van der Waals surface area contributed by atoms with Crippen LogP contribution in [0, 0.1) is 11.3 Å². The molecule has 0 aromatic heterocycles. The van der Waals surface area contributed by atoms with Crippen molar-refractivity contribution in [3.63, 3.8) is 0 Å². The van der Waals surface area contributed by atoms with Crippen LogP contribution in [0.2, 0.25) is 0 Å². The van der Waals surface area contributed by atoms with Crippen molar-refractivity contribution < 1.29 is 38.2 Å². The third-order valence-corrected chi connectivity index (χ3v) is 12.5. The van der Waals surface area contributed by atoms with Crippen LogP contribution in [-0.4, -0.2) is 120 Å². The summed E-state index contributed by atoms with van der Waals surface area (Å²) in [6.45, 7) is 18.7. The lowest BCUT2D eigenvalue weighted by atomic mass is 9.72. The summed E-state index contributed by atoms with van der Waals surface area (Å²) in [6, 6.07) is 24.5. The second-order valence-corrected chi connectivity index (χ2v) is 21.6. The van der Waals surface area contributed by atoms with E-state index >= 15 is 0 Å². The zero-order valence-corrected chi connectivity index (χ0v) is 43.3. The number of rotatable bonds is 22. The summed E-state index contributed by atoms with van der Waals surface area (Å²) in [5.41, 5.74) is 1.40. The molecule has 4 atom stereocenters. The van der Waals surface area contributed by atoms with Crippen molar-refractivity contribution in [2.75, 3.05) is 39.3 Å². The maximum absolute atomic E-state index is 14.5. The van der Waals surface area contributed by atoms with Crippen LogP contribution in [0.25, 0.3) is 6.08 Å². The van der Waals surface area contributed by atoms with Gasteiger partial charge in [-0.3, -0.25) is 24.1 Å². The van der Waals surface area contributed by atoms with Gasteiger partial charge in [-0.2, -0.15) is 0 Å². The minimum absolute atomic E-state index is 0.0382. The predicted molar refractivity (Wildman–Crippen MR) is 277 cm³/mol. The molecule has 2 heterocycles. The van der Waals surface area contributed by atoms with Crippen LogP contribution in [0.5, 0.6) is 0 Å². The van der Waals surface area contributed by atoms with E-state index < -0.39 is 65.3 Å². The summed E-state index contributed by atoms with van der Waals surface area (Å²) in [6.07, 6.45) is 6.59. The van der Waals surface area contributed by atoms with Gasteiger partial charge in [0, 0.05) is 52.1 Å². The van der Waals surface area contributed by atoms with Crippen LogP contribution in [0.15, 0.2) is 97.1 Å². The molecule has 2 aliphatic heterocycles. The Morgan fingerprint density at radius 1 is 0.620 bits per heavy atom. The first kappa shape index (κ1) is 55.7. The fourth-order valence-corrected chi connectivity index (χ4v) is 8.99. The lowest BCUT2D eigenvalue weighted by Gasteiger charge is -2.54. The first-order valence-electron chi connectivity index (χ1n) is 25.3. The summed E-state index contributed by atoms with van der Waals surface area (Å²) < 4.78 is 10.9. The quantitative estimate of drug-likeness (QED) is 0.0650. The van der Waals surface area contributed by atoms with E-state index in [2.05, 4.69) is 55.8 Å². The normalized spacial score (nSPS) is 16.5. The van der Waals surface area contributed by atoms with E-state index in [9.17, 15) is 28.8 Å². The van der Waals surface area contributed by atoms with Gasteiger partial charge in [-0.1, -0.05) is 117 Å². The Labute approximate surface area is 421 Å². The van der Waals surface area contributed by atoms with Crippen molar-refractivity contribution in [2.24, 2.45) is 11.3 Å². The van der Waals surface area contributed by atoms with Gasteiger partial charge in [-0.15, -0.1) is 0 Å². The summed E-state index contributed by atoms with van der Waals surface area (Å²) in [4.78, 5) is 87.4. The Morgan fingerprint density at radius 2 is 1.10 bits per heavy atom. The van der Waals surface area contributed by atoms with Gasteiger partial charge in [0.2, 0.25) is 23.6 Å². The van der Waals surface area contributed by atoms with Crippen LogP contribution in [0.1, 0.15) is 111 Å². The number of hydrogen-bond donors (Lipinski definition) is 5. The number of nitrogens with one attached hydrogen (secondary N) is 5. The molecular weight excluding hydrogens is 899 g/mol. The Balaban J connectivity index is 1.29. The molecule has 1 spiro atoms. The van der Waals surface area contributed by atoms with Crippen molar-refractivity contribution in [3.05, 3.63) is 114 Å². The molecule has 15 heteroatoms. The van der Waals surface area contributed by atoms with Gasteiger partial charge in [0.1, 0.15) is 35.4 Å². The summed E-state index contributed by atoms with van der Waals surface area (Å²) in [5.74, 6) is -1.93. The van der Waals surface area contributed by atoms with E-state index in [1.165, 1.54) is 5.56 Å². The van der Waals surface area contributed by atoms with Crippen LogP contribution < -0.4 is 26.6 Å². The highest BCUT2D eigenvalue weighted by atomic mass is 16.6. The SMILES string of the molecule is CC(C)C[C@@H](NC(=O)[C@@H](Cc1ccccc1)NC(=O)[C@@H](Cc1ccccc1)NC(=O)OC(C)(C)C)C(=O)N[C@H](CCCCNC(=O)OC(C)(C)C)C(=O)N1CCC2(CC1)CN(CC=Cc1ccccc1)C2. The number of alkyl carbamates (subject to hydrolysis) is 2. The molecule has 3 aromatic rings. The molecule has 71 heavy (non-hydrogen) atoms. The van der Waals surface area contributed by atoms with E-state index in [0.717, 1.165) is 43.6 Å². The van der Waals surface area contributed by atoms with Crippen molar-refractivity contribution in [1.82, 2.24) is 36.4 Å². The number of nitrogens with zero attached hydrogens (tertiary/aromatic N) is 2. The molecule has 0 radical (unpaired) electrons. The Bertz CT molecular complexity index is 2210. The Kier molecular flexibility index (Phi) is 20.6. The molecule has 0 aliphatic carbocycles. The third kappa shape index (κ3) is 19.5. The van der Waals surface area contributed by atoms with Crippen LogP contribution in [0.3, 0.4) is 0 Å². The lowest BCUT2D eigenvalue weighted by molar-refractivity contribution is -0.141. The molecule has 2 aliphatic rings. The van der Waals surface area contributed by atoms with Gasteiger partial charge < -0.3 is 41.0 Å². The number of amides is 6. The Morgan fingerprint density at radius 3 is 1.63 bits per heavy atom. The smallest absolute Gasteiger partial charge is 0.408 e. The zero-order valence-electron chi connectivity index (χ0n) is 43.3. The first-order chi connectivity index (χ1) is 33.7. The minimum atomic E-state index is -1.15. The average molecular weight is 978 g/mol. The molecule has 15 nitrogen and oxygen atoms in total. The van der Waals surface area contributed by atoms with E-state index in [1.807, 2.05) is 97.6 Å². The standard InChI is InChI=1S/C56H79N7O8/c1-40(2)35-45(59-49(65)46(36-42-23-14-10-15-24-42)60-50(66)47(37-43-25-16-11-17-26-43)61-53(69)71-55(6,7)8)48(64)58-44(28-18-19-31-57-52(68)70-54(3,4)5)51(67)63-33-29-56(30-34-63)38-62(39-56)32-20-27-41-21-12-9-13-22-41/h9-17,20-27,40,44-47H,18-19,28-39H2,1-8H3,(H,57,68)(H,58,64)(H,59,65)(H,60,66)(H,61,69)/t44-,45-,46-,47-/m1/s1. The fourth-order valence-electron chi connectivity index (χ4n) is 8.99.